The van der Waals surface area contributed by atoms with Crippen LogP contribution in [0.4, 0.5) is 4.39 Å². The number of aliphatic hydroxyl groups is 1. The molecule has 1 aromatic carbocycles. The van der Waals surface area contributed by atoms with Crippen LogP contribution in [0.25, 0.3) is 0 Å². The molecule has 0 aromatic heterocycles. The zero-order chi connectivity index (χ0) is 10.0. The lowest BCUT2D eigenvalue weighted by molar-refractivity contribution is -0.147. The lowest BCUT2D eigenvalue weighted by atomic mass is 10.0. The smallest absolute Gasteiger partial charge is 0.337 e. The van der Waals surface area contributed by atoms with Gasteiger partial charge >= 0.3 is 5.97 Å². The van der Waals surface area contributed by atoms with Crippen LogP contribution >= 0.6 is 0 Å². The van der Waals surface area contributed by atoms with E-state index in [9.17, 15) is 9.18 Å². The maximum Gasteiger partial charge on any atom is 0.337 e. The Labute approximate surface area is 74.4 Å². The van der Waals surface area contributed by atoms with Crippen LogP contribution in [0.5, 0.6) is 0 Å². The fourth-order valence-corrected chi connectivity index (χ4v) is 1.05. The first-order chi connectivity index (χ1) is 6.04. The molecule has 1 aromatic rings. The Morgan fingerprint density at radius 3 is 2.69 bits per heavy atom. The number of hydrogen-bond acceptors (Lipinski definition) is 2. The number of carboxylic acid groups (broad SMARTS) is 1. The normalized spacial score (nSPS) is 12.5. The Bertz CT molecular complexity index is 336. The van der Waals surface area contributed by atoms with Gasteiger partial charge in [0.15, 0.2) is 6.10 Å². The van der Waals surface area contributed by atoms with E-state index >= 15 is 0 Å². The van der Waals surface area contributed by atoms with E-state index in [4.69, 9.17) is 10.2 Å². The fourth-order valence-electron chi connectivity index (χ4n) is 1.05. The molecular weight excluding hydrogens is 175 g/mol. The summed E-state index contributed by atoms with van der Waals surface area (Å²) in [5.41, 5.74) is 0.255. The number of halogens is 1. The van der Waals surface area contributed by atoms with Crippen molar-refractivity contribution in [3.8, 4) is 0 Å². The lowest BCUT2D eigenvalue weighted by Crippen LogP contribution is -2.12. The summed E-state index contributed by atoms with van der Waals surface area (Å²) in [6.45, 7) is 1.43. The summed E-state index contributed by atoms with van der Waals surface area (Å²) < 4.78 is 12.9. The minimum absolute atomic E-state index is 0.0903. The number of rotatable bonds is 2. The molecule has 0 heterocycles. The van der Waals surface area contributed by atoms with Gasteiger partial charge in [0.2, 0.25) is 0 Å². The van der Waals surface area contributed by atoms with E-state index in [1.807, 2.05) is 0 Å². The molecule has 0 spiro atoms. The standard InChI is InChI=1S/C9H9FO3/c1-5-6(8(11)9(12)13)3-2-4-7(5)10/h2-4,8,11H,1H3,(H,12,13)/t8-/m1/s1. The van der Waals surface area contributed by atoms with Crippen molar-refractivity contribution in [3.05, 3.63) is 35.1 Å². The van der Waals surface area contributed by atoms with Crippen LogP contribution in [-0.4, -0.2) is 16.2 Å². The fraction of sp³-hybridized carbons (Fsp3) is 0.222. The molecule has 0 unspecified atom stereocenters. The second-order valence-corrected chi connectivity index (χ2v) is 2.69. The Morgan fingerprint density at radius 2 is 2.15 bits per heavy atom. The molecule has 0 aliphatic carbocycles. The second kappa shape index (κ2) is 3.53. The van der Waals surface area contributed by atoms with Gasteiger partial charge in [0.1, 0.15) is 5.82 Å². The van der Waals surface area contributed by atoms with Crippen molar-refractivity contribution in [2.24, 2.45) is 0 Å². The molecule has 0 saturated carbocycles. The largest absolute Gasteiger partial charge is 0.479 e. The van der Waals surface area contributed by atoms with E-state index in [2.05, 4.69) is 0 Å². The van der Waals surface area contributed by atoms with Crippen molar-refractivity contribution in [2.45, 2.75) is 13.0 Å². The predicted octanol–water partition coefficient (Wildman–Crippen LogP) is 1.25. The molecule has 1 atom stereocenters. The zero-order valence-electron chi connectivity index (χ0n) is 6.99. The lowest BCUT2D eigenvalue weighted by Gasteiger charge is -2.09. The molecule has 1 rings (SSSR count). The Balaban J connectivity index is 3.15. The van der Waals surface area contributed by atoms with Gasteiger partial charge in [-0.3, -0.25) is 0 Å². The highest BCUT2D eigenvalue weighted by molar-refractivity contribution is 5.74. The SMILES string of the molecule is Cc1c(F)cccc1[C@@H](O)C(=O)O. The van der Waals surface area contributed by atoms with Crippen molar-refractivity contribution < 1.29 is 19.4 Å². The quantitative estimate of drug-likeness (QED) is 0.727. The topological polar surface area (TPSA) is 57.5 Å². The van der Waals surface area contributed by atoms with Crippen LogP contribution in [0.3, 0.4) is 0 Å². The number of aliphatic hydroxyl groups excluding tert-OH is 1. The van der Waals surface area contributed by atoms with E-state index in [1.54, 1.807) is 0 Å². The second-order valence-electron chi connectivity index (χ2n) is 2.69. The first kappa shape index (κ1) is 9.67. The van der Waals surface area contributed by atoms with Crippen LogP contribution in [0.2, 0.25) is 0 Å². The zero-order valence-corrected chi connectivity index (χ0v) is 6.99. The molecule has 4 heteroatoms. The summed E-state index contributed by atoms with van der Waals surface area (Å²) >= 11 is 0. The summed E-state index contributed by atoms with van der Waals surface area (Å²) in [4.78, 5) is 10.4. The van der Waals surface area contributed by atoms with Crippen LogP contribution in [0.15, 0.2) is 18.2 Å². The number of benzene rings is 1. The van der Waals surface area contributed by atoms with E-state index < -0.39 is 17.9 Å². The maximum absolute atomic E-state index is 12.9. The van der Waals surface area contributed by atoms with Crippen LogP contribution in [-0.2, 0) is 4.79 Å². The highest BCUT2D eigenvalue weighted by Gasteiger charge is 2.18. The summed E-state index contributed by atoms with van der Waals surface area (Å²) in [5.74, 6) is -1.90. The molecule has 0 radical (unpaired) electrons. The van der Waals surface area contributed by atoms with E-state index in [-0.39, 0.29) is 11.1 Å². The van der Waals surface area contributed by atoms with Gasteiger partial charge in [-0.25, -0.2) is 9.18 Å². The third kappa shape index (κ3) is 1.84. The van der Waals surface area contributed by atoms with E-state index in [1.165, 1.54) is 25.1 Å². The first-order valence-electron chi connectivity index (χ1n) is 3.70. The summed E-state index contributed by atoms with van der Waals surface area (Å²) in [6.07, 6.45) is -1.66. The molecular formula is C9H9FO3. The summed E-state index contributed by atoms with van der Waals surface area (Å²) in [7, 11) is 0. The van der Waals surface area contributed by atoms with Crippen LogP contribution in [0, 0.1) is 12.7 Å². The minimum atomic E-state index is -1.66. The van der Waals surface area contributed by atoms with Gasteiger partial charge in [-0.1, -0.05) is 12.1 Å². The highest BCUT2D eigenvalue weighted by atomic mass is 19.1. The molecule has 0 aliphatic heterocycles. The van der Waals surface area contributed by atoms with Crippen molar-refractivity contribution >= 4 is 5.97 Å². The molecule has 70 valence electrons. The van der Waals surface area contributed by atoms with Crippen LogP contribution in [0.1, 0.15) is 17.2 Å². The predicted molar refractivity (Wildman–Crippen MR) is 43.7 cm³/mol. The van der Waals surface area contributed by atoms with Crippen LogP contribution < -0.4 is 0 Å². The van der Waals surface area contributed by atoms with Gasteiger partial charge in [0.25, 0.3) is 0 Å². The molecule has 0 bridgehead atoms. The van der Waals surface area contributed by atoms with Gasteiger partial charge in [0, 0.05) is 0 Å². The molecule has 0 amide bonds. The first-order valence-corrected chi connectivity index (χ1v) is 3.70. The third-order valence-electron chi connectivity index (χ3n) is 1.84. The minimum Gasteiger partial charge on any atom is -0.479 e. The van der Waals surface area contributed by atoms with Crippen molar-refractivity contribution in [2.75, 3.05) is 0 Å². The van der Waals surface area contributed by atoms with Crippen molar-refractivity contribution in [3.63, 3.8) is 0 Å². The molecule has 13 heavy (non-hydrogen) atoms. The average Bonchev–Trinajstić information content (AvgIpc) is 2.08. The number of hydrogen-bond donors (Lipinski definition) is 2. The number of carboxylic acids is 1. The van der Waals surface area contributed by atoms with Gasteiger partial charge in [0.05, 0.1) is 0 Å². The molecule has 0 aliphatic rings. The summed E-state index contributed by atoms with van der Waals surface area (Å²) in [5, 5.41) is 17.6. The highest BCUT2D eigenvalue weighted by Crippen LogP contribution is 2.19. The monoisotopic (exact) mass is 184 g/mol. The number of aliphatic carboxylic acids is 1. The molecule has 0 fully saturated rings. The van der Waals surface area contributed by atoms with Gasteiger partial charge in [-0.2, -0.15) is 0 Å². The maximum atomic E-state index is 12.9. The number of carbonyl (C=O) groups is 1. The summed E-state index contributed by atoms with van der Waals surface area (Å²) in [6, 6.07) is 3.97. The Morgan fingerprint density at radius 1 is 1.54 bits per heavy atom. The Kier molecular flexibility index (Phi) is 2.63. The van der Waals surface area contributed by atoms with E-state index in [0.717, 1.165) is 0 Å². The molecule has 3 nitrogen and oxygen atoms in total. The Hall–Kier alpha value is -1.42. The molecule has 2 N–H and O–H groups in total. The van der Waals surface area contributed by atoms with Gasteiger partial charge in [-0.05, 0) is 24.1 Å². The van der Waals surface area contributed by atoms with Crippen molar-refractivity contribution in [1.82, 2.24) is 0 Å². The van der Waals surface area contributed by atoms with Gasteiger partial charge in [-0.15, -0.1) is 0 Å². The third-order valence-corrected chi connectivity index (χ3v) is 1.84. The molecule has 0 saturated heterocycles. The average molecular weight is 184 g/mol. The van der Waals surface area contributed by atoms with Crippen molar-refractivity contribution in [1.29, 1.82) is 0 Å². The van der Waals surface area contributed by atoms with Gasteiger partial charge < -0.3 is 10.2 Å². The van der Waals surface area contributed by atoms with E-state index in [0.29, 0.717) is 0 Å².